The van der Waals surface area contributed by atoms with Gasteiger partial charge in [-0.1, -0.05) is 0 Å². The van der Waals surface area contributed by atoms with Gasteiger partial charge in [0.25, 0.3) is 0 Å². The predicted octanol–water partition coefficient (Wildman–Crippen LogP) is 0.838. The van der Waals surface area contributed by atoms with E-state index in [1.807, 2.05) is 12.3 Å². The highest BCUT2D eigenvalue weighted by Gasteiger charge is 2.00. The quantitative estimate of drug-likeness (QED) is 0.690. The standard InChI is InChI=1S/C7H8N4.ClH/c8-3-6-5-1-2-9-7(5)11-4-10-6;/h1-2,4H,3,8H2,(H,9,10,11);1H. The van der Waals surface area contributed by atoms with Gasteiger partial charge in [0, 0.05) is 18.1 Å². The largest absolute Gasteiger partial charge is 0.346 e. The molecule has 0 saturated carbocycles. The number of rotatable bonds is 1. The molecule has 5 heteroatoms. The SMILES string of the molecule is Cl.NCc1ncnc2[nH]ccc12. The van der Waals surface area contributed by atoms with Crippen LogP contribution >= 0.6 is 12.4 Å². The molecule has 2 aromatic heterocycles. The van der Waals surface area contributed by atoms with Gasteiger partial charge in [-0.2, -0.15) is 0 Å². The zero-order chi connectivity index (χ0) is 7.68. The molecule has 0 aliphatic carbocycles. The molecule has 4 nitrogen and oxygen atoms in total. The lowest BCUT2D eigenvalue weighted by Crippen LogP contribution is -2.00. The molecule has 0 spiro atoms. The van der Waals surface area contributed by atoms with Crippen molar-refractivity contribution in [1.29, 1.82) is 0 Å². The van der Waals surface area contributed by atoms with Crippen molar-refractivity contribution in [3.05, 3.63) is 24.3 Å². The van der Waals surface area contributed by atoms with Gasteiger partial charge in [-0.3, -0.25) is 0 Å². The smallest absolute Gasteiger partial charge is 0.140 e. The summed E-state index contributed by atoms with van der Waals surface area (Å²) in [5.74, 6) is 0. The monoisotopic (exact) mass is 184 g/mol. The van der Waals surface area contributed by atoms with Crippen LogP contribution < -0.4 is 5.73 Å². The molecule has 0 bridgehead atoms. The van der Waals surface area contributed by atoms with Crippen molar-refractivity contribution in [1.82, 2.24) is 15.0 Å². The molecular weight excluding hydrogens is 176 g/mol. The number of nitrogens with zero attached hydrogens (tertiary/aromatic N) is 2. The Labute approximate surface area is 75.6 Å². The summed E-state index contributed by atoms with van der Waals surface area (Å²) in [7, 11) is 0. The van der Waals surface area contributed by atoms with E-state index in [4.69, 9.17) is 5.73 Å². The van der Waals surface area contributed by atoms with Crippen LogP contribution in [-0.2, 0) is 6.54 Å². The van der Waals surface area contributed by atoms with Gasteiger partial charge in [0.15, 0.2) is 0 Å². The van der Waals surface area contributed by atoms with Crippen LogP contribution in [0.15, 0.2) is 18.6 Å². The third-order valence-corrected chi connectivity index (χ3v) is 1.63. The summed E-state index contributed by atoms with van der Waals surface area (Å²) in [5.41, 5.74) is 7.20. The zero-order valence-corrected chi connectivity index (χ0v) is 7.14. The first kappa shape index (κ1) is 8.96. The molecule has 0 aliphatic rings. The van der Waals surface area contributed by atoms with Gasteiger partial charge in [0.05, 0.1) is 5.69 Å². The Balaban J connectivity index is 0.000000720. The van der Waals surface area contributed by atoms with Crippen LogP contribution in [0.4, 0.5) is 0 Å². The van der Waals surface area contributed by atoms with Crippen LogP contribution in [0.1, 0.15) is 5.69 Å². The second kappa shape index (κ2) is 3.51. The first-order chi connectivity index (χ1) is 5.42. The molecule has 0 aromatic carbocycles. The van der Waals surface area contributed by atoms with Crippen molar-refractivity contribution in [2.24, 2.45) is 5.73 Å². The van der Waals surface area contributed by atoms with Gasteiger partial charge in [0.1, 0.15) is 12.0 Å². The van der Waals surface area contributed by atoms with E-state index in [1.165, 1.54) is 6.33 Å². The molecule has 0 aliphatic heterocycles. The maximum absolute atomic E-state index is 5.47. The highest BCUT2D eigenvalue weighted by molar-refractivity contribution is 5.85. The second-order valence-electron chi connectivity index (χ2n) is 2.26. The number of halogens is 1. The summed E-state index contributed by atoms with van der Waals surface area (Å²) in [5, 5.41) is 1.01. The summed E-state index contributed by atoms with van der Waals surface area (Å²) in [4.78, 5) is 11.1. The van der Waals surface area contributed by atoms with Crippen molar-refractivity contribution in [2.75, 3.05) is 0 Å². The first-order valence-corrected chi connectivity index (χ1v) is 3.39. The van der Waals surface area contributed by atoms with E-state index in [0.29, 0.717) is 6.54 Å². The van der Waals surface area contributed by atoms with Gasteiger partial charge in [-0.15, -0.1) is 12.4 Å². The molecule has 2 aromatic rings. The first-order valence-electron chi connectivity index (χ1n) is 3.39. The van der Waals surface area contributed by atoms with Crippen LogP contribution in [0.25, 0.3) is 11.0 Å². The molecule has 3 N–H and O–H groups in total. The minimum Gasteiger partial charge on any atom is -0.346 e. The molecule has 0 saturated heterocycles. The van der Waals surface area contributed by atoms with E-state index in [-0.39, 0.29) is 12.4 Å². The third-order valence-electron chi connectivity index (χ3n) is 1.63. The summed E-state index contributed by atoms with van der Waals surface area (Å²) in [6.07, 6.45) is 3.35. The second-order valence-corrected chi connectivity index (χ2v) is 2.26. The molecule has 0 amide bonds. The number of nitrogens with one attached hydrogen (secondary N) is 1. The van der Waals surface area contributed by atoms with Crippen LogP contribution in [0, 0.1) is 0 Å². The molecule has 0 unspecified atom stereocenters. The highest BCUT2D eigenvalue weighted by atomic mass is 35.5. The van der Waals surface area contributed by atoms with Gasteiger partial charge >= 0.3 is 0 Å². The molecule has 12 heavy (non-hydrogen) atoms. The summed E-state index contributed by atoms with van der Waals surface area (Å²) < 4.78 is 0. The maximum Gasteiger partial charge on any atom is 0.140 e. The molecular formula is C7H9ClN4. The van der Waals surface area contributed by atoms with E-state index >= 15 is 0 Å². The number of nitrogens with two attached hydrogens (primary N) is 1. The number of aromatic amines is 1. The lowest BCUT2D eigenvalue weighted by Gasteiger charge is -1.94. The van der Waals surface area contributed by atoms with Crippen molar-refractivity contribution >= 4 is 23.4 Å². The zero-order valence-electron chi connectivity index (χ0n) is 6.32. The predicted molar refractivity (Wildman–Crippen MR) is 49.0 cm³/mol. The van der Waals surface area contributed by atoms with E-state index in [1.54, 1.807) is 0 Å². The fourth-order valence-electron chi connectivity index (χ4n) is 1.09. The average Bonchev–Trinajstić information content (AvgIpc) is 2.50. The normalized spacial score (nSPS) is 9.75. The van der Waals surface area contributed by atoms with E-state index in [2.05, 4.69) is 15.0 Å². The molecule has 0 atom stereocenters. The van der Waals surface area contributed by atoms with Crippen molar-refractivity contribution in [3.63, 3.8) is 0 Å². The number of fused-ring (bicyclic) bond motifs is 1. The third kappa shape index (κ3) is 1.26. The Morgan fingerprint density at radius 1 is 1.42 bits per heavy atom. The molecule has 2 rings (SSSR count). The highest BCUT2D eigenvalue weighted by Crippen LogP contribution is 2.10. The molecule has 2 heterocycles. The summed E-state index contributed by atoms with van der Waals surface area (Å²) in [6.45, 7) is 0.455. The van der Waals surface area contributed by atoms with Gasteiger partial charge < -0.3 is 10.7 Å². The Morgan fingerprint density at radius 2 is 2.25 bits per heavy atom. The lowest BCUT2D eigenvalue weighted by molar-refractivity contribution is 0.989. The van der Waals surface area contributed by atoms with Crippen molar-refractivity contribution < 1.29 is 0 Å². The van der Waals surface area contributed by atoms with E-state index in [0.717, 1.165) is 16.7 Å². The average molecular weight is 185 g/mol. The van der Waals surface area contributed by atoms with Gasteiger partial charge in [-0.25, -0.2) is 9.97 Å². The lowest BCUT2D eigenvalue weighted by atomic mass is 10.3. The number of H-pyrrole nitrogens is 1. The van der Waals surface area contributed by atoms with Crippen molar-refractivity contribution in [3.8, 4) is 0 Å². The van der Waals surface area contributed by atoms with Crippen LogP contribution in [0.2, 0.25) is 0 Å². The van der Waals surface area contributed by atoms with E-state index in [9.17, 15) is 0 Å². The minimum absolute atomic E-state index is 0. The Bertz CT molecular complexity index is 370. The number of aromatic nitrogens is 3. The van der Waals surface area contributed by atoms with Crippen LogP contribution in [0.5, 0.6) is 0 Å². The van der Waals surface area contributed by atoms with E-state index < -0.39 is 0 Å². The topological polar surface area (TPSA) is 67.6 Å². The molecule has 0 fully saturated rings. The maximum atomic E-state index is 5.47. The van der Waals surface area contributed by atoms with Gasteiger partial charge in [0.2, 0.25) is 0 Å². The Morgan fingerprint density at radius 3 is 3.00 bits per heavy atom. The fourth-order valence-corrected chi connectivity index (χ4v) is 1.09. The van der Waals surface area contributed by atoms with Crippen LogP contribution in [-0.4, -0.2) is 15.0 Å². The van der Waals surface area contributed by atoms with Crippen molar-refractivity contribution in [2.45, 2.75) is 6.54 Å². The molecule has 64 valence electrons. The minimum atomic E-state index is 0. The Kier molecular flexibility index (Phi) is 2.62. The van der Waals surface area contributed by atoms with Crippen LogP contribution in [0.3, 0.4) is 0 Å². The molecule has 0 radical (unpaired) electrons. The summed E-state index contributed by atoms with van der Waals surface area (Å²) in [6, 6.07) is 1.93. The van der Waals surface area contributed by atoms with Gasteiger partial charge in [-0.05, 0) is 6.07 Å². The Hall–Kier alpha value is -1.13. The fraction of sp³-hybridized carbons (Fsp3) is 0.143. The summed E-state index contributed by atoms with van der Waals surface area (Å²) >= 11 is 0. The number of hydrogen-bond acceptors (Lipinski definition) is 3. The number of hydrogen-bond donors (Lipinski definition) is 2.